The van der Waals surface area contributed by atoms with Crippen LogP contribution in [0.15, 0.2) is 34.1 Å². The van der Waals surface area contributed by atoms with Crippen LogP contribution in [0.5, 0.6) is 0 Å². The molecule has 2 N–H and O–H groups in total. The van der Waals surface area contributed by atoms with Crippen molar-refractivity contribution >= 4 is 26.0 Å². The van der Waals surface area contributed by atoms with Gasteiger partial charge in [0.15, 0.2) is 0 Å². The predicted molar refractivity (Wildman–Crippen MR) is 85.9 cm³/mol. The largest absolute Gasteiger partial charge is 0.466 e. The SMILES string of the molecule is CCOC(=O)C1CCN(S(=O)(=O)c2ccc(S(N)(=O)=O)cc2)CC1. The first-order valence-electron chi connectivity index (χ1n) is 7.46. The molecule has 0 spiro atoms. The Morgan fingerprint density at radius 3 is 2.08 bits per heavy atom. The number of esters is 1. The third-order valence-corrected chi connectivity index (χ3v) is 6.71. The molecule has 1 heterocycles. The molecule has 1 fully saturated rings. The number of carbonyl (C=O) groups is 1. The van der Waals surface area contributed by atoms with Crippen molar-refractivity contribution in [2.45, 2.75) is 29.6 Å². The van der Waals surface area contributed by atoms with Crippen LogP contribution >= 0.6 is 0 Å². The topological polar surface area (TPSA) is 124 Å². The van der Waals surface area contributed by atoms with E-state index < -0.39 is 20.0 Å². The van der Waals surface area contributed by atoms with E-state index in [0.717, 1.165) is 12.1 Å². The lowest BCUT2D eigenvalue weighted by Gasteiger charge is -2.30. The summed E-state index contributed by atoms with van der Waals surface area (Å²) < 4.78 is 53.8. The molecule has 0 aliphatic carbocycles. The van der Waals surface area contributed by atoms with Gasteiger partial charge in [0.1, 0.15) is 0 Å². The standard InChI is InChI=1S/C14H20N2O6S2/c1-2-22-14(17)11-7-9-16(10-8-11)24(20,21)13-5-3-12(4-6-13)23(15,18)19/h3-6,11H,2,7-10H2,1H3,(H2,15,18,19). The van der Waals surface area contributed by atoms with E-state index in [-0.39, 0.29) is 34.8 Å². The highest BCUT2D eigenvalue weighted by molar-refractivity contribution is 7.89. The van der Waals surface area contributed by atoms with Gasteiger partial charge < -0.3 is 4.74 Å². The molecule has 0 unspecified atom stereocenters. The summed E-state index contributed by atoms with van der Waals surface area (Å²) in [6.07, 6.45) is 0.792. The number of hydrogen-bond acceptors (Lipinski definition) is 6. The molecule has 2 rings (SSSR count). The van der Waals surface area contributed by atoms with Gasteiger partial charge in [-0.15, -0.1) is 0 Å². The molecular weight excluding hydrogens is 356 g/mol. The Kier molecular flexibility index (Phi) is 5.63. The smallest absolute Gasteiger partial charge is 0.309 e. The molecular formula is C14H20N2O6S2. The highest BCUT2D eigenvalue weighted by atomic mass is 32.2. The van der Waals surface area contributed by atoms with Gasteiger partial charge in [-0.25, -0.2) is 22.0 Å². The van der Waals surface area contributed by atoms with E-state index in [1.54, 1.807) is 6.92 Å². The third-order valence-electron chi connectivity index (χ3n) is 3.86. The second kappa shape index (κ2) is 7.18. The zero-order valence-corrected chi connectivity index (χ0v) is 14.8. The molecule has 24 heavy (non-hydrogen) atoms. The van der Waals surface area contributed by atoms with Crippen LogP contribution in [0.1, 0.15) is 19.8 Å². The lowest BCUT2D eigenvalue weighted by atomic mass is 9.98. The number of ether oxygens (including phenoxy) is 1. The van der Waals surface area contributed by atoms with Gasteiger partial charge in [0.25, 0.3) is 0 Å². The van der Waals surface area contributed by atoms with E-state index in [1.807, 2.05) is 0 Å². The molecule has 0 atom stereocenters. The van der Waals surface area contributed by atoms with Gasteiger partial charge in [-0.3, -0.25) is 4.79 Å². The first-order chi connectivity index (χ1) is 11.2. The summed E-state index contributed by atoms with van der Waals surface area (Å²) in [6.45, 7) is 2.45. The Balaban J connectivity index is 2.10. The predicted octanol–water partition coefficient (Wildman–Crippen LogP) is 0.298. The molecule has 1 aliphatic rings. The lowest BCUT2D eigenvalue weighted by molar-refractivity contribution is -0.149. The average molecular weight is 376 g/mol. The molecule has 1 aromatic rings. The maximum Gasteiger partial charge on any atom is 0.309 e. The Labute approximate surface area is 141 Å². The van der Waals surface area contributed by atoms with Gasteiger partial charge in [0.05, 0.1) is 22.3 Å². The lowest BCUT2D eigenvalue weighted by Crippen LogP contribution is -2.40. The van der Waals surface area contributed by atoms with Gasteiger partial charge in [-0.2, -0.15) is 4.31 Å². The monoisotopic (exact) mass is 376 g/mol. The summed E-state index contributed by atoms with van der Waals surface area (Å²) in [6, 6.07) is 4.75. The van der Waals surface area contributed by atoms with Crippen molar-refractivity contribution in [2.75, 3.05) is 19.7 Å². The number of hydrogen-bond donors (Lipinski definition) is 1. The molecule has 134 valence electrons. The van der Waals surface area contributed by atoms with Crippen molar-refractivity contribution in [2.24, 2.45) is 11.1 Å². The Morgan fingerprint density at radius 2 is 1.62 bits per heavy atom. The molecule has 0 aromatic heterocycles. The van der Waals surface area contributed by atoms with Crippen LogP contribution in [0.3, 0.4) is 0 Å². The summed E-state index contributed by atoms with van der Waals surface area (Å²) >= 11 is 0. The Bertz CT molecular complexity index is 794. The fourth-order valence-corrected chi connectivity index (χ4v) is 4.53. The van der Waals surface area contributed by atoms with Crippen LogP contribution in [0.25, 0.3) is 0 Å². The fourth-order valence-electron chi connectivity index (χ4n) is 2.54. The van der Waals surface area contributed by atoms with Crippen molar-refractivity contribution in [1.29, 1.82) is 0 Å². The molecule has 1 aromatic carbocycles. The van der Waals surface area contributed by atoms with E-state index in [4.69, 9.17) is 9.88 Å². The van der Waals surface area contributed by atoms with Crippen molar-refractivity contribution in [1.82, 2.24) is 4.31 Å². The average Bonchev–Trinajstić information content (AvgIpc) is 2.54. The first kappa shape index (κ1) is 18.8. The van der Waals surface area contributed by atoms with Crippen LogP contribution in [0.2, 0.25) is 0 Å². The summed E-state index contributed by atoms with van der Waals surface area (Å²) in [4.78, 5) is 11.5. The van der Waals surface area contributed by atoms with E-state index in [0.29, 0.717) is 19.4 Å². The maximum atomic E-state index is 12.6. The second-order valence-corrected chi connectivity index (χ2v) is 8.95. The second-order valence-electron chi connectivity index (χ2n) is 5.45. The summed E-state index contributed by atoms with van der Waals surface area (Å²) in [5.74, 6) is -0.590. The minimum absolute atomic E-state index is 0.00974. The van der Waals surface area contributed by atoms with Gasteiger partial charge in [-0.05, 0) is 44.0 Å². The number of rotatable bonds is 5. The van der Waals surface area contributed by atoms with Crippen molar-refractivity contribution in [3.8, 4) is 0 Å². The number of carbonyl (C=O) groups excluding carboxylic acids is 1. The number of nitrogens with zero attached hydrogens (tertiary/aromatic N) is 1. The van der Waals surface area contributed by atoms with Crippen molar-refractivity contribution in [3.63, 3.8) is 0 Å². The number of sulfonamides is 2. The highest BCUT2D eigenvalue weighted by Crippen LogP contribution is 2.25. The number of benzene rings is 1. The number of piperidine rings is 1. The van der Waals surface area contributed by atoms with Crippen LogP contribution < -0.4 is 5.14 Å². The van der Waals surface area contributed by atoms with Crippen molar-refractivity contribution in [3.05, 3.63) is 24.3 Å². The molecule has 8 nitrogen and oxygen atoms in total. The van der Waals surface area contributed by atoms with Crippen LogP contribution in [0.4, 0.5) is 0 Å². The molecule has 0 amide bonds. The number of nitrogens with two attached hydrogens (primary N) is 1. The minimum atomic E-state index is -3.87. The summed E-state index contributed by atoms with van der Waals surface area (Å²) in [7, 11) is -7.61. The first-order valence-corrected chi connectivity index (χ1v) is 10.4. The van der Waals surface area contributed by atoms with Crippen LogP contribution in [0, 0.1) is 5.92 Å². The quantitative estimate of drug-likeness (QED) is 0.737. The van der Waals surface area contributed by atoms with Crippen molar-refractivity contribution < 1.29 is 26.4 Å². The van der Waals surface area contributed by atoms with Crippen LogP contribution in [-0.4, -0.2) is 46.8 Å². The molecule has 0 saturated carbocycles. The van der Waals surface area contributed by atoms with Crippen LogP contribution in [-0.2, 0) is 29.6 Å². The van der Waals surface area contributed by atoms with E-state index in [2.05, 4.69) is 0 Å². The van der Waals surface area contributed by atoms with E-state index in [9.17, 15) is 21.6 Å². The van der Waals surface area contributed by atoms with Gasteiger partial charge in [0, 0.05) is 13.1 Å². The molecule has 1 aliphatic heterocycles. The number of primary sulfonamides is 1. The van der Waals surface area contributed by atoms with E-state index >= 15 is 0 Å². The van der Waals surface area contributed by atoms with Gasteiger partial charge in [0.2, 0.25) is 20.0 Å². The maximum absolute atomic E-state index is 12.6. The zero-order valence-electron chi connectivity index (χ0n) is 13.2. The third kappa shape index (κ3) is 4.12. The molecule has 0 radical (unpaired) electrons. The fraction of sp³-hybridized carbons (Fsp3) is 0.500. The summed E-state index contributed by atoms with van der Waals surface area (Å²) in [5, 5.41) is 5.00. The molecule has 0 bridgehead atoms. The zero-order chi connectivity index (χ0) is 18.0. The van der Waals surface area contributed by atoms with E-state index in [1.165, 1.54) is 16.4 Å². The Hall–Kier alpha value is -1.49. The molecule has 1 saturated heterocycles. The minimum Gasteiger partial charge on any atom is -0.466 e. The normalized spacial score (nSPS) is 17.6. The van der Waals surface area contributed by atoms with Gasteiger partial charge in [-0.1, -0.05) is 0 Å². The highest BCUT2D eigenvalue weighted by Gasteiger charge is 2.32. The van der Waals surface area contributed by atoms with Gasteiger partial charge >= 0.3 is 5.97 Å². The molecule has 10 heteroatoms. The Morgan fingerprint density at radius 1 is 1.12 bits per heavy atom. The summed E-state index contributed by atoms with van der Waals surface area (Å²) in [5.41, 5.74) is 0.